The van der Waals surface area contributed by atoms with Gasteiger partial charge in [0.15, 0.2) is 0 Å². The van der Waals surface area contributed by atoms with Crippen LogP contribution in [0.5, 0.6) is 0 Å². The summed E-state index contributed by atoms with van der Waals surface area (Å²) in [6.07, 6.45) is 1.06. The molecule has 0 spiro atoms. The lowest BCUT2D eigenvalue weighted by Gasteiger charge is -2.33. The van der Waals surface area contributed by atoms with Crippen molar-refractivity contribution in [3.63, 3.8) is 0 Å². The van der Waals surface area contributed by atoms with Gasteiger partial charge in [-0.15, -0.1) is 0 Å². The zero-order valence-electron chi connectivity index (χ0n) is 14.7. The van der Waals surface area contributed by atoms with Gasteiger partial charge in [0.25, 0.3) is 0 Å². The number of fused-ring (bicyclic) bond motifs is 2. The van der Waals surface area contributed by atoms with Crippen LogP contribution >= 0.6 is 0 Å². The maximum atomic E-state index is 11.7. The predicted molar refractivity (Wildman–Crippen MR) is 89.4 cm³/mol. The van der Waals surface area contributed by atoms with Gasteiger partial charge in [-0.1, -0.05) is 12.1 Å². The lowest BCUT2D eigenvalue weighted by atomic mass is 9.74. The Kier molecular flexibility index (Phi) is 5.27. The quantitative estimate of drug-likeness (QED) is 0.776. The molecule has 1 aromatic carbocycles. The number of rotatable bonds is 6. The van der Waals surface area contributed by atoms with E-state index in [-0.39, 0.29) is 42.2 Å². The van der Waals surface area contributed by atoms with E-state index in [0.29, 0.717) is 5.56 Å². The molecule has 26 heavy (non-hydrogen) atoms. The summed E-state index contributed by atoms with van der Waals surface area (Å²) in [7, 11) is 0. The van der Waals surface area contributed by atoms with E-state index in [2.05, 4.69) is 0 Å². The Hall–Kier alpha value is -2.41. The molecule has 2 fully saturated rings. The molecule has 1 aromatic rings. The average molecular weight is 362 g/mol. The maximum absolute atomic E-state index is 11.7. The van der Waals surface area contributed by atoms with Crippen molar-refractivity contribution in [1.82, 2.24) is 0 Å². The van der Waals surface area contributed by atoms with Crippen molar-refractivity contribution in [2.45, 2.75) is 45.0 Å². The summed E-state index contributed by atoms with van der Waals surface area (Å²) in [4.78, 5) is 34.0. The number of hydrogen-bond donors (Lipinski definition) is 1. The zero-order valence-corrected chi connectivity index (χ0v) is 14.7. The number of aromatic carboxylic acids is 1. The molecule has 5 unspecified atom stereocenters. The molecule has 2 bridgehead atoms. The van der Waals surface area contributed by atoms with Crippen LogP contribution in [0.15, 0.2) is 24.3 Å². The van der Waals surface area contributed by atoms with Crippen LogP contribution in [0.2, 0.25) is 0 Å². The van der Waals surface area contributed by atoms with Gasteiger partial charge < -0.3 is 19.3 Å². The van der Waals surface area contributed by atoms with Crippen LogP contribution in [0.25, 0.3) is 0 Å². The maximum Gasteiger partial charge on any atom is 0.335 e. The Bertz CT molecular complexity index is 696. The van der Waals surface area contributed by atoms with E-state index in [1.54, 1.807) is 12.1 Å². The van der Waals surface area contributed by atoms with Crippen molar-refractivity contribution in [3.8, 4) is 0 Å². The molecule has 2 heterocycles. The van der Waals surface area contributed by atoms with Crippen molar-refractivity contribution in [1.29, 1.82) is 0 Å². The van der Waals surface area contributed by atoms with Gasteiger partial charge in [-0.3, -0.25) is 9.59 Å². The van der Waals surface area contributed by atoms with Gasteiger partial charge in [-0.2, -0.15) is 0 Å². The van der Waals surface area contributed by atoms with E-state index in [1.807, 2.05) is 0 Å². The van der Waals surface area contributed by atoms with E-state index in [9.17, 15) is 14.4 Å². The first-order valence-corrected chi connectivity index (χ1v) is 8.66. The second-order valence-corrected chi connectivity index (χ2v) is 6.79. The first-order valence-electron chi connectivity index (χ1n) is 8.66. The highest BCUT2D eigenvalue weighted by molar-refractivity contribution is 5.87. The molecular formula is C19H22O7. The van der Waals surface area contributed by atoms with Crippen LogP contribution < -0.4 is 0 Å². The molecule has 2 aliphatic heterocycles. The molecule has 1 N–H and O–H groups in total. The highest BCUT2D eigenvalue weighted by Crippen LogP contribution is 2.50. The Morgan fingerprint density at radius 1 is 1.12 bits per heavy atom. The monoisotopic (exact) mass is 362 g/mol. The molecule has 5 atom stereocenters. The summed E-state index contributed by atoms with van der Waals surface area (Å²) < 4.78 is 16.8. The highest BCUT2D eigenvalue weighted by atomic mass is 16.6. The molecular weight excluding hydrogens is 340 g/mol. The number of carbonyl (C=O) groups excluding carboxylic acids is 2. The molecule has 2 saturated heterocycles. The molecule has 0 aliphatic carbocycles. The number of benzene rings is 1. The fourth-order valence-corrected chi connectivity index (χ4v) is 4.03. The lowest BCUT2D eigenvalue weighted by Crippen LogP contribution is -2.37. The predicted octanol–water partition coefficient (Wildman–Crippen LogP) is 2.35. The summed E-state index contributed by atoms with van der Waals surface area (Å²) in [6, 6.07) is 6.30. The molecule has 0 radical (unpaired) electrons. The summed E-state index contributed by atoms with van der Waals surface area (Å²) in [6.45, 7) is 2.91. The number of carboxylic acid groups (broad SMARTS) is 1. The van der Waals surface area contributed by atoms with Crippen LogP contribution in [-0.2, 0) is 23.8 Å². The summed E-state index contributed by atoms with van der Waals surface area (Å²) >= 11 is 0. The molecule has 0 amide bonds. The minimum Gasteiger partial charge on any atom is -0.478 e. The Balaban J connectivity index is 1.89. The van der Waals surface area contributed by atoms with Gasteiger partial charge in [0.2, 0.25) is 0 Å². The largest absolute Gasteiger partial charge is 0.478 e. The van der Waals surface area contributed by atoms with Crippen molar-refractivity contribution < 1.29 is 33.7 Å². The third-order valence-corrected chi connectivity index (χ3v) is 5.09. The van der Waals surface area contributed by atoms with E-state index in [4.69, 9.17) is 19.3 Å². The molecule has 2 aliphatic rings. The van der Waals surface area contributed by atoms with E-state index < -0.39 is 18.0 Å². The first kappa shape index (κ1) is 18.4. The fourth-order valence-electron chi connectivity index (χ4n) is 4.03. The number of ether oxygens (including phenoxy) is 3. The molecule has 7 heteroatoms. The van der Waals surface area contributed by atoms with Gasteiger partial charge in [0, 0.05) is 25.7 Å². The molecule has 140 valence electrons. The smallest absolute Gasteiger partial charge is 0.335 e. The summed E-state index contributed by atoms with van der Waals surface area (Å²) in [5.74, 6) is -2.02. The standard InChI is InChI=1S/C19H22O7/c1-10(20)24-9-14-15-7-8-16(26-15)17(14)18(25-11(2)21)12-3-5-13(6-4-12)19(22)23/h3-6,14-18H,7-9H2,1-2H3,(H,22,23). The van der Waals surface area contributed by atoms with Crippen LogP contribution in [-0.4, -0.2) is 41.8 Å². The molecule has 0 saturated carbocycles. The summed E-state index contributed by atoms with van der Waals surface area (Å²) in [5.41, 5.74) is 0.871. The zero-order chi connectivity index (χ0) is 18.8. The van der Waals surface area contributed by atoms with Gasteiger partial charge >= 0.3 is 17.9 Å². The SMILES string of the molecule is CC(=O)OCC1C2CCC(O2)C1C(OC(C)=O)c1ccc(C(=O)O)cc1. The Morgan fingerprint density at radius 2 is 1.77 bits per heavy atom. The third kappa shape index (κ3) is 3.72. The topological polar surface area (TPSA) is 99.1 Å². The second-order valence-electron chi connectivity index (χ2n) is 6.79. The minimum absolute atomic E-state index is 0.0271. The fraction of sp³-hybridized carbons (Fsp3) is 0.526. The van der Waals surface area contributed by atoms with Crippen molar-refractivity contribution in [2.75, 3.05) is 6.61 Å². The first-order chi connectivity index (χ1) is 12.4. The number of carbonyl (C=O) groups is 3. The van der Waals surface area contributed by atoms with Crippen LogP contribution in [0.1, 0.15) is 48.7 Å². The average Bonchev–Trinajstić information content (AvgIpc) is 3.19. The molecule has 3 rings (SSSR count). The molecule has 7 nitrogen and oxygen atoms in total. The Morgan fingerprint density at radius 3 is 2.35 bits per heavy atom. The normalized spacial score (nSPS) is 27.8. The van der Waals surface area contributed by atoms with Crippen molar-refractivity contribution in [3.05, 3.63) is 35.4 Å². The van der Waals surface area contributed by atoms with Crippen LogP contribution in [0.3, 0.4) is 0 Å². The van der Waals surface area contributed by atoms with Crippen LogP contribution in [0, 0.1) is 11.8 Å². The van der Waals surface area contributed by atoms with Gasteiger partial charge in [-0.25, -0.2) is 4.79 Å². The number of carboxylic acids is 1. The van der Waals surface area contributed by atoms with Crippen molar-refractivity contribution >= 4 is 17.9 Å². The van der Waals surface area contributed by atoms with Gasteiger partial charge in [-0.05, 0) is 30.5 Å². The van der Waals surface area contributed by atoms with Crippen molar-refractivity contribution in [2.24, 2.45) is 11.8 Å². The Labute approximate surface area is 151 Å². The highest BCUT2D eigenvalue weighted by Gasteiger charge is 2.53. The van der Waals surface area contributed by atoms with Gasteiger partial charge in [0.1, 0.15) is 6.10 Å². The van der Waals surface area contributed by atoms with Gasteiger partial charge in [0.05, 0.1) is 24.4 Å². The number of hydrogen-bond acceptors (Lipinski definition) is 6. The minimum atomic E-state index is -1.02. The van der Waals surface area contributed by atoms with E-state index >= 15 is 0 Å². The second kappa shape index (κ2) is 7.45. The number of esters is 2. The third-order valence-electron chi connectivity index (χ3n) is 5.09. The molecule has 0 aromatic heterocycles. The summed E-state index contributed by atoms with van der Waals surface area (Å²) in [5, 5.41) is 9.07. The lowest BCUT2D eigenvalue weighted by molar-refractivity contribution is -0.154. The van der Waals surface area contributed by atoms with E-state index in [1.165, 1.54) is 26.0 Å². The van der Waals surface area contributed by atoms with Crippen LogP contribution in [0.4, 0.5) is 0 Å². The van der Waals surface area contributed by atoms with E-state index in [0.717, 1.165) is 12.8 Å².